The first-order chi connectivity index (χ1) is 10.6. The summed E-state index contributed by atoms with van der Waals surface area (Å²) in [6.45, 7) is 3.21. The van der Waals surface area contributed by atoms with Gasteiger partial charge < -0.3 is 0 Å². The average Bonchev–Trinajstić information content (AvgIpc) is 2.56. The zero-order valence-corrected chi connectivity index (χ0v) is 13.5. The van der Waals surface area contributed by atoms with Crippen LogP contribution in [0.5, 0.6) is 0 Å². The number of rotatable bonds is 3. The molecule has 0 radical (unpaired) electrons. The number of aryl methyl sites for hydroxylation is 1. The maximum Gasteiger partial charge on any atom is 0.243 e. The SMILES string of the molecule is Cc1ncccc1-c1ccc(S(=O)(=O)N2CCCCC2)cc1. The predicted molar refractivity (Wildman–Crippen MR) is 87.0 cm³/mol. The Morgan fingerprint density at radius 2 is 1.68 bits per heavy atom. The van der Waals surface area contributed by atoms with E-state index in [1.54, 1.807) is 22.6 Å². The Hall–Kier alpha value is -1.72. The lowest BCUT2D eigenvalue weighted by molar-refractivity contribution is 0.346. The molecule has 0 atom stereocenters. The summed E-state index contributed by atoms with van der Waals surface area (Å²) in [7, 11) is -3.35. The summed E-state index contributed by atoms with van der Waals surface area (Å²) < 4.78 is 26.8. The van der Waals surface area contributed by atoms with Gasteiger partial charge in [-0.1, -0.05) is 24.6 Å². The van der Waals surface area contributed by atoms with Gasteiger partial charge in [-0.2, -0.15) is 4.31 Å². The molecule has 0 saturated carbocycles. The number of sulfonamides is 1. The fourth-order valence-corrected chi connectivity index (χ4v) is 4.37. The normalized spacial score (nSPS) is 16.6. The number of aromatic nitrogens is 1. The van der Waals surface area contributed by atoms with Gasteiger partial charge in [0.15, 0.2) is 0 Å². The quantitative estimate of drug-likeness (QED) is 0.873. The topological polar surface area (TPSA) is 50.3 Å². The van der Waals surface area contributed by atoms with Gasteiger partial charge in [-0.15, -0.1) is 0 Å². The lowest BCUT2D eigenvalue weighted by Crippen LogP contribution is -2.35. The van der Waals surface area contributed by atoms with Gasteiger partial charge in [0.2, 0.25) is 10.0 Å². The summed E-state index contributed by atoms with van der Waals surface area (Å²) in [4.78, 5) is 4.65. The Labute approximate surface area is 131 Å². The number of hydrogen-bond acceptors (Lipinski definition) is 3. The Bertz CT molecular complexity index is 748. The fraction of sp³-hybridized carbons (Fsp3) is 0.353. The molecule has 0 amide bonds. The Morgan fingerprint density at radius 3 is 2.32 bits per heavy atom. The Kier molecular flexibility index (Phi) is 4.27. The van der Waals surface area contributed by atoms with Crippen LogP contribution in [0.2, 0.25) is 0 Å². The summed E-state index contributed by atoms with van der Waals surface area (Å²) in [6.07, 6.45) is 4.78. The van der Waals surface area contributed by atoms with Crippen molar-refractivity contribution in [1.29, 1.82) is 0 Å². The molecule has 2 aromatic rings. The van der Waals surface area contributed by atoms with Crippen LogP contribution in [0.25, 0.3) is 11.1 Å². The fourth-order valence-electron chi connectivity index (χ4n) is 2.85. The van der Waals surface area contributed by atoms with Crippen molar-refractivity contribution in [3.05, 3.63) is 48.3 Å². The minimum atomic E-state index is -3.35. The second kappa shape index (κ2) is 6.18. The van der Waals surface area contributed by atoms with E-state index in [1.807, 2.05) is 31.2 Å². The first-order valence-corrected chi connectivity index (χ1v) is 9.05. The highest BCUT2D eigenvalue weighted by Crippen LogP contribution is 2.25. The van der Waals surface area contributed by atoms with Crippen molar-refractivity contribution in [2.45, 2.75) is 31.1 Å². The van der Waals surface area contributed by atoms with Crippen LogP contribution in [-0.4, -0.2) is 30.8 Å². The third-order valence-corrected chi connectivity index (χ3v) is 6.04. The highest BCUT2D eigenvalue weighted by atomic mass is 32.2. The number of nitrogens with zero attached hydrogens (tertiary/aromatic N) is 2. The highest BCUT2D eigenvalue weighted by molar-refractivity contribution is 7.89. The zero-order valence-electron chi connectivity index (χ0n) is 12.7. The zero-order chi connectivity index (χ0) is 15.6. The standard InChI is InChI=1S/C17H20N2O2S/c1-14-17(6-5-11-18-14)15-7-9-16(10-8-15)22(20,21)19-12-3-2-4-13-19/h5-11H,2-4,12-13H2,1H3. The van der Waals surface area contributed by atoms with E-state index >= 15 is 0 Å². The summed E-state index contributed by atoms with van der Waals surface area (Å²) in [5.41, 5.74) is 2.96. The van der Waals surface area contributed by atoms with Gasteiger partial charge in [0, 0.05) is 30.5 Å². The van der Waals surface area contributed by atoms with Crippen LogP contribution in [0.4, 0.5) is 0 Å². The van der Waals surface area contributed by atoms with Gasteiger partial charge in [-0.05, 0) is 43.5 Å². The van der Waals surface area contributed by atoms with Crippen molar-refractivity contribution in [3.63, 3.8) is 0 Å². The molecule has 5 heteroatoms. The molecule has 116 valence electrons. The minimum Gasteiger partial charge on any atom is -0.261 e. The van der Waals surface area contributed by atoms with Crippen molar-refractivity contribution in [2.24, 2.45) is 0 Å². The van der Waals surface area contributed by atoms with Crippen molar-refractivity contribution >= 4 is 10.0 Å². The molecule has 22 heavy (non-hydrogen) atoms. The summed E-state index contributed by atoms with van der Waals surface area (Å²) in [5.74, 6) is 0. The van der Waals surface area contributed by atoms with Crippen LogP contribution >= 0.6 is 0 Å². The van der Waals surface area contributed by atoms with Gasteiger partial charge in [-0.3, -0.25) is 4.98 Å². The molecule has 2 heterocycles. The van der Waals surface area contributed by atoms with Crippen LogP contribution in [0.3, 0.4) is 0 Å². The van der Waals surface area contributed by atoms with E-state index in [1.165, 1.54) is 0 Å². The molecule has 3 rings (SSSR count). The van der Waals surface area contributed by atoms with Gasteiger partial charge in [-0.25, -0.2) is 8.42 Å². The van der Waals surface area contributed by atoms with Crippen LogP contribution in [0, 0.1) is 6.92 Å². The van der Waals surface area contributed by atoms with Gasteiger partial charge in [0.25, 0.3) is 0 Å². The first-order valence-electron chi connectivity index (χ1n) is 7.61. The molecule has 0 spiro atoms. The lowest BCUT2D eigenvalue weighted by Gasteiger charge is -2.25. The van der Waals surface area contributed by atoms with Gasteiger partial charge >= 0.3 is 0 Å². The van der Waals surface area contributed by atoms with E-state index in [4.69, 9.17) is 0 Å². The largest absolute Gasteiger partial charge is 0.261 e. The Balaban J connectivity index is 1.89. The lowest BCUT2D eigenvalue weighted by atomic mass is 10.1. The van der Waals surface area contributed by atoms with Crippen LogP contribution in [-0.2, 0) is 10.0 Å². The molecule has 1 fully saturated rings. The number of benzene rings is 1. The van der Waals surface area contributed by atoms with E-state index in [-0.39, 0.29) is 0 Å². The maximum absolute atomic E-state index is 12.6. The molecule has 4 nitrogen and oxygen atoms in total. The van der Waals surface area contributed by atoms with Crippen molar-refractivity contribution in [1.82, 2.24) is 9.29 Å². The van der Waals surface area contributed by atoms with Crippen LogP contribution < -0.4 is 0 Å². The van der Waals surface area contributed by atoms with Crippen LogP contribution in [0.15, 0.2) is 47.5 Å². The molecular formula is C17H20N2O2S. The molecule has 0 aliphatic carbocycles. The third-order valence-electron chi connectivity index (χ3n) is 4.13. The maximum atomic E-state index is 12.6. The monoisotopic (exact) mass is 316 g/mol. The van der Waals surface area contributed by atoms with E-state index in [9.17, 15) is 8.42 Å². The molecule has 0 unspecified atom stereocenters. The summed E-state index contributed by atoms with van der Waals surface area (Å²) >= 11 is 0. The molecule has 1 aromatic carbocycles. The van der Waals surface area contributed by atoms with Crippen molar-refractivity contribution in [3.8, 4) is 11.1 Å². The second-order valence-electron chi connectivity index (χ2n) is 5.63. The minimum absolute atomic E-state index is 0.375. The molecule has 1 saturated heterocycles. The van der Waals surface area contributed by atoms with E-state index < -0.39 is 10.0 Å². The van der Waals surface area contributed by atoms with Gasteiger partial charge in [0.1, 0.15) is 0 Å². The smallest absolute Gasteiger partial charge is 0.243 e. The van der Waals surface area contributed by atoms with E-state index in [0.717, 1.165) is 36.1 Å². The van der Waals surface area contributed by atoms with Crippen LogP contribution in [0.1, 0.15) is 25.0 Å². The number of pyridine rings is 1. The summed E-state index contributed by atoms with van der Waals surface area (Å²) in [6, 6.07) is 11.0. The van der Waals surface area contributed by atoms with E-state index in [2.05, 4.69) is 4.98 Å². The van der Waals surface area contributed by atoms with Crippen molar-refractivity contribution in [2.75, 3.05) is 13.1 Å². The molecule has 1 aliphatic heterocycles. The number of hydrogen-bond donors (Lipinski definition) is 0. The molecule has 0 N–H and O–H groups in total. The average molecular weight is 316 g/mol. The number of piperidine rings is 1. The first kappa shape index (κ1) is 15.2. The van der Waals surface area contributed by atoms with E-state index in [0.29, 0.717) is 18.0 Å². The Morgan fingerprint density at radius 1 is 1.00 bits per heavy atom. The van der Waals surface area contributed by atoms with Gasteiger partial charge in [0.05, 0.1) is 4.90 Å². The molecule has 1 aliphatic rings. The summed E-state index contributed by atoms with van der Waals surface area (Å²) in [5, 5.41) is 0. The molecular weight excluding hydrogens is 296 g/mol. The highest BCUT2D eigenvalue weighted by Gasteiger charge is 2.25. The predicted octanol–water partition coefficient (Wildman–Crippen LogP) is 3.23. The third kappa shape index (κ3) is 2.91. The molecule has 1 aromatic heterocycles. The van der Waals surface area contributed by atoms with Crippen molar-refractivity contribution < 1.29 is 8.42 Å². The molecule has 0 bridgehead atoms. The second-order valence-corrected chi connectivity index (χ2v) is 7.56.